The number of benzene rings is 1. The number of hydrogen-bond acceptors (Lipinski definition) is 6. The second-order valence-electron chi connectivity index (χ2n) is 6.97. The Morgan fingerprint density at radius 3 is 2.57 bits per heavy atom. The molecule has 0 radical (unpaired) electrons. The summed E-state index contributed by atoms with van der Waals surface area (Å²) in [5, 5.41) is 18.6. The number of carbonyl (C=O) groups is 1. The minimum atomic E-state index is -3.64. The van der Waals surface area contributed by atoms with Crippen LogP contribution in [0.3, 0.4) is 0 Å². The second kappa shape index (κ2) is 11.6. The van der Waals surface area contributed by atoms with Crippen molar-refractivity contribution in [2.24, 2.45) is 0 Å². The Kier molecular flexibility index (Phi) is 9.23. The van der Waals surface area contributed by atoms with Crippen LogP contribution < -0.4 is 4.74 Å². The van der Waals surface area contributed by atoms with E-state index < -0.39 is 21.7 Å². The number of hydrogen-bond donors (Lipinski definition) is 2. The second-order valence-corrected chi connectivity index (χ2v) is 8.96. The van der Waals surface area contributed by atoms with Crippen molar-refractivity contribution in [3.05, 3.63) is 76.8 Å². The number of ketones is 1. The zero-order chi connectivity index (χ0) is 22.0. The zero-order valence-electron chi connectivity index (χ0n) is 17.0. The summed E-state index contributed by atoms with van der Waals surface area (Å²) in [6.07, 6.45) is 10.3. The number of unbranched alkanes of at least 4 members (excludes halogenated alkanes) is 1. The van der Waals surface area contributed by atoms with Crippen molar-refractivity contribution in [3.63, 3.8) is 0 Å². The normalized spacial score (nSPS) is 18.4. The van der Waals surface area contributed by atoms with Crippen molar-refractivity contribution in [1.29, 1.82) is 0 Å². The lowest BCUT2D eigenvalue weighted by Gasteiger charge is -2.05. The number of aliphatic hydroxyl groups is 2. The molecule has 0 bridgehead atoms. The highest BCUT2D eigenvalue weighted by Crippen LogP contribution is 2.30. The van der Waals surface area contributed by atoms with Gasteiger partial charge < -0.3 is 14.9 Å². The van der Waals surface area contributed by atoms with Gasteiger partial charge in [-0.05, 0) is 49.5 Å². The predicted octanol–water partition coefficient (Wildman–Crippen LogP) is 2.90. The Morgan fingerprint density at radius 1 is 1.17 bits per heavy atom. The van der Waals surface area contributed by atoms with Crippen molar-refractivity contribution in [2.45, 2.75) is 31.8 Å². The fraction of sp³-hybridized carbons (Fsp3) is 0.348. The van der Waals surface area contributed by atoms with E-state index in [1.165, 1.54) is 18.2 Å². The number of ether oxygens (including phenoxy) is 1. The van der Waals surface area contributed by atoms with Gasteiger partial charge in [-0.25, -0.2) is 8.42 Å². The zero-order valence-corrected chi connectivity index (χ0v) is 17.8. The molecule has 7 heteroatoms. The summed E-state index contributed by atoms with van der Waals surface area (Å²) < 4.78 is 29.5. The Bertz CT molecular complexity index is 939. The average molecular weight is 433 g/mol. The maximum atomic E-state index is 12.6. The summed E-state index contributed by atoms with van der Waals surface area (Å²) >= 11 is 0. The maximum absolute atomic E-state index is 12.6. The number of sulfone groups is 1. The van der Waals surface area contributed by atoms with Crippen LogP contribution in [0.5, 0.6) is 5.75 Å². The van der Waals surface area contributed by atoms with Crippen molar-refractivity contribution in [1.82, 2.24) is 0 Å². The molecule has 1 aliphatic rings. The Morgan fingerprint density at radius 2 is 1.90 bits per heavy atom. The molecule has 1 aromatic rings. The highest BCUT2D eigenvalue weighted by atomic mass is 32.2. The van der Waals surface area contributed by atoms with Gasteiger partial charge in [0.25, 0.3) is 0 Å². The monoisotopic (exact) mass is 432 g/mol. The Hall–Kier alpha value is -2.48. The molecule has 2 N–H and O–H groups in total. The summed E-state index contributed by atoms with van der Waals surface area (Å²) in [6.45, 7) is 0.493. The number of Topliss-reactive ketones (excluding diaryl/α,β-unsaturated/α-hetero) is 1. The van der Waals surface area contributed by atoms with E-state index in [-0.39, 0.29) is 17.1 Å². The summed E-state index contributed by atoms with van der Waals surface area (Å²) in [7, 11) is -3.64. The fourth-order valence-electron chi connectivity index (χ4n) is 2.89. The maximum Gasteiger partial charge on any atom is 0.205 e. The van der Waals surface area contributed by atoms with Crippen LogP contribution in [0.25, 0.3) is 0 Å². The summed E-state index contributed by atoms with van der Waals surface area (Å²) in [6, 6.07) is 9.44. The molecule has 30 heavy (non-hydrogen) atoms. The van der Waals surface area contributed by atoms with Crippen LogP contribution in [0.2, 0.25) is 0 Å². The number of allylic oxidation sites excluding steroid dienone is 7. The van der Waals surface area contributed by atoms with E-state index in [1.54, 1.807) is 6.08 Å². The van der Waals surface area contributed by atoms with E-state index in [0.717, 1.165) is 12.0 Å². The number of para-hydroxylation sites is 1. The molecule has 0 aliphatic heterocycles. The SMILES string of the molecule is CS(=O)(=O)C1=CC(=CCCCOc2ccccc2)C(=CC=CC(O)CCCO)C1=O. The van der Waals surface area contributed by atoms with Crippen LogP contribution in [0, 0.1) is 0 Å². The molecule has 0 fully saturated rings. The standard InChI is InChI=1S/C23H28O6S/c1-30(27,28)22-17-18(9-5-6-16-29-20-12-3-2-4-13-20)21(23(22)26)14-7-10-19(25)11-8-15-24/h2-4,7,9-10,12-14,17,19,24-25H,5-6,8,11,15-16H2,1H3. The van der Waals surface area contributed by atoms with Gasteiger partial charge in [-0.2, -0.15) is 0 Å². The van der Waals surface area contributed by atoms with Crippen LogP contribution in [0.15, 0.2) is 76.8 Å². The van der Waals surface area contributed by atoms with Gasteiger partial charge >= 0.3 is 0 Å². The van der Waals surface area contributed by atoms with Gasteiger partial charge in [0, 0.05) is 18.4 Å². The van der Waals surface area contributed by atoms with E-state index in [2.05, 4.69) is 0 Å². The Balaban J connectivity index is 2.06. The topological polar surface area (TPSA) is 101 Å². The summed E-state index contributed by atoms with van der Waals surface area (Å²) in [4.78, 5) is 12.3. The molecule has 1 unspecified atom stereocenters. The molecule has 0 amide bonds. The third kappa shape index (κ3) is 7.40. The lowest BCUT2D eigenvalue weighted by molar-refractivity contribution is -0.111. The molecule has 0 saturated heterocycles. The first kappa shape index (κ1) is 23.8. The van der Waals surface area contributed by atoms with Crippen molar-refractivity contribution < 1.29 is 28.2 Å². The van der Waals surface area contributed by atoms with Crippen LogP contribution in [0.1, 0.15) is 25.7 Å². The van der Waals surface area contributed by atoms with Gasteiger partial charge in [-0.1, -0.05) is 42.5 Å². The summed E-state index contributed by atoms with van der Waals surface area (Å²) in [5.41, 5.74) is 0.833. The van der Waals surface area contributed by atoms with Gasteiger partial charge in [0.2, 0.25) is 5.78 Å². The largest absolute Gasteiger partial charge is 0.494 e. The van der Waals surface area contributed by atoms with E-state index >= 15 is 0 Å². The number of rotatable bonds is 11. The van der Waals surface area contributed by atoms with Gasteiger partial charge in [0.1, 0.15) is 10.7 Å². The first-order valence-electron chi connectivity index (χ1n) is 9.85. The fourth-order valence-corrected chi connectivity index (χ4v) is 3.68. The molecule has 0 saturated carbocycles. The highest BCUT2D eigenvalue weighted by Gasteiger charge is 2.31. The predicted molar refractivity (Wildman–Crippen MR) is 117 cm³/mol. The highest BCUT2D eigenvalue weighted by molar-refractivity contribution is 7.95. The molecule has 2 rings (SSSR count). The molecule has 1 aromatic carbocycles. The van der Waals surface area contributed by atoms with E-state index in [1.807, 2.05) is 36.4 Å². The molecule has 6 nitrogen and oxygen atoms in total. The average Bonchev–Trinajstić information content (AvgIpc) is 3.03. The lowest BCUT2D eigenvalue weighted by Crippen LogP contribution is -2.09. The molecule has 1 aliphatic carbocycles. The lowest BCUT2D eigenvalue weighted by atomic mass is 10.1. The third-order valence-corrected chi connectivity index (χ3v) is 5.55. The molecule has 0 heterocycles. The molecule has 1 atom stereocenters. The van der Waals surface area contributed by atoms with Gasteiger partial charge in [0.05, 0.1) is 12.7 Å². The van der Waals surface area contributed by atoms with E-state index in [0.29, 0.717) is 37.9 Å². The minimum absolute atomic E-state index is 0.00696. The van der Waals surface area contributed by atoms with Crippen molar-refractivity contribution >= 4 is 15.6 Å². The van der Waals surface area contributed by atoms with Crippen molar-refractivity contribution in [2.75, 3.05) is 19.5 Å². The van der Waals surface area contributed by atoms with Crippen LogP contribution in [-0.2, 0) is 14.6 Å². The Labute approximate surface area is 177 Å². The van der Waals surface area contributed by atoms with Gasteiger partial charge in [0.15, 0.2) is 9.84 Å². The minimum Gasteiger partial charge on any atom is -0.494 e. The van der Waals surface area contributed by atoms with Gasteiger partial charge in [-0.3, -0.25) is 4.79 Å². The molecule has 0 spiro atoms. The van der Waals surface area contributed by atoms with E-state index in [9.17, 15) is 18.3 Å². The van der Waals surface area contributed by atoms with E-state index in [4.69, 9.17) is 9.84 Å². The smallest absolute Gasteiger partial charge is 0.205 e. The van der Waals surface area contributed by atoms with Crippen molar-refractivity contribution in [3.8, 4) is 5.75 Å². The van der Waals surface area contributed by atoms with Gasteiger partial charge in [-0.15, -0.1) is 0 Å². The first-order valence-corrected chi connectivity index (χ1v) is 11.7. The molecule has 162 valence electrons. The number of carbonyl (C=O) groups excluding carboxylic acids is 1. The third-order valence-electron chi connectivity index (χ3n) is 4.44. The first-order chi connectivity index (χ1) is 14.3. The van der Waals surface area contributed by atoms with Crippen LogP contribution in [0.4, 0.5) is 0 Å². The quantitative estimate of drug-likeness (QED) is 0.412. The molecular formula is C23H28O6S. The number of aliphatic hydroxyl groups excluding tert-OH is 2. The van der Waals surface area contributed by atoms with Crippen LogP contribution in [-0.4, -0.2) is 50.0 Å². The molecular weight excluding hydrogens is 404 g/mol. The summed E-state index contributed by atoms with van der Waals surface area (Å²) in [5.74, 6) is 0.240. The van der Waals surface area contributed by atoms with Crippen LogP contribution >= 0.6 is 0 Å². The molecule has 0 aromatic heterocycles.